The predicted molar refractivity (Wildman–Crippen MR) is 110 cm³/mol. The Kier molecular flexibility index (Phi) is 6.67. The number of rotatable bonds is 5. The number of anilines is 1. The van der Waals surface area contributed by atoms with Gasteiger partial charge in [0.15, 0.2) is 17.2 Å². The molecule has 0 fully saturated rings. The van der Waals surface area contributed by atoms with Crippen molar-refractivity contribution < 1.29 is 27.5 Å². The fourth-order valence-corrected chi connectivity index (χ4v) is 3.48. The number of nitrogens with one attached hydrogen (secondary N) is 2. The molecule has 3 heterocycles. The van der Waals surface area contributed by atoms with E-state index in [2.05, 4.69) is 35.3 Å². The van der Waals surface area contributed by atoms with Crippen molar-refractivity contribution in [3.05, 3.63) is 40.8 Å². The van der Waals surface area contributed by atoms with E-state index in [1.54, 1.807) is 13.8 Å². The minimum Gasteiger partial charge on any atom is -0.464 e. The zero-order valence-electron chi connectivity index (χ0n) is 17.1. The zero-order valence-corrected chi connectivity index (χ0v) is 17.9. The fourth-order valence-electron chi connectivity index (χ4n) is 2.63. The van der Waals surface area contributed by atoms with Crippen molar-refractivity contribution in [2.75, 3.05) is 19.0 Å². The van der Waals surface area contributed by atoms with Crippen molar-refractivity contribution in [3.8, 4) is 22.0 Å². The molecule has 9 nitrogen and oxygen atoms in total. The lowest BCUT2D eigenvalue weighted by molar-refractivity contribution is -0.140. The largest absolute Gasteiger partial charge is 0.464 e. The van der Waals surface area contributed by atoms with Crippen LogP contribution in [0.5, 0.6) is 0 Å². The Morgan fingerprint density at radius 2 is 1.91 bits per heavy atom. The molecule has 2 N–H and O–H groups in total. The maximum atomic E-state index is 13.1. The summed E-state index contributed by atoms with van der Waals surface area (Å²) >= 11 is 0.761. The molecule has 0 aromatic carbocycles. The van der Waals surface area contributed by atoms with Crippen LogP contribution in [0.2, 0.25) is 0 Å². The van der Waals surface area contributed by atoms with Crippen molar-refractivity contribution >= 4 is 29.2 Å². The number of nitrogens with zero attached hydrogens (tertiary/aromatic N) is 4. The van der Waals surface area contributed by atoms with Gasteiger partial charge >= 0.3 is 18.2 Å². The molecule has 3 aromatic heterocycles. The summed E-state index contributed by atoms with van der Waals surface area (Å²) in [6.45, 7) is 3.72. The van der Waals surface area contributed by atoms with Crippen LogP contribution in [0.1, 0.15) is 28.8 Å². The average Bonchev–Trinajstić information content (AvgIpc) is 3.23. The highest BCUT2D eigenvalue weighted by Crippen LogP contribution is 2.37. The number of urea groups is 1. The highest BCUT2D eigenvalue weighted by Gasteiger charge is 2.34. The molecular weight excluding hydrogens is 449 g/mol. The maximum absolute atomic E-state index is 13.1. The summed E-state index contributed by atoms with van der Waals surface area (Å²) < 4.78 is 44.0. The van der Waals surface area contributed by atoms with E-state index in [0.29, 0.717) is 12.2 Å². The van der Waals surface area contributed by atoms with Gasteiger partial charge in [-0.3, -0.25) is 5.32 Å². The third-order valence-corrected chi connectivity index (χ3v) is 4.87. The van der Waals surface area contributed by atoms with E-state index >= 15 is 0 Å². The number of esters is 1. The molecule has 168 valence electrons. The molecule has 2 amide bonds. The molecular formula is C19H17F3N6O3S. The number of hydrogen-bond donors (Lipinski definition) is 2. The highest BCUT2D eigenvalue weighted by molar-refractivity contribution is 7.13. The van der Waals surface area contributed by atoms with E-state index in [4.69, 9.17) is 0 Å². The van der Waals surface area contributed by atoms with Crippen LogP contribution in [-0.4, -0.2) is 45.6 Å². The zero-order chi connectivity index (χ0) is 23.5. The normalized spacial score (nSPS) is 11.2. The molecule has 0 unspecified atom stereocenters. The number of methoxy groups -OCH3 is 1. The molecule has 3 aromatic rings. The summed E-state index contributed by atoms with van der Waals surface area (Å²) in [5, 5.41) is 5.92. The lowest BCUT2D eigenvalue weighted by Crippen LogP contribution is -2.28. The number of pyridine rings is 1. The van der Waals surface area contributed by atoms with Crippen LogP contribution >= 0.6 is 11.3 Å². The van der Waals surface area contributed by atoms with Gasteiger partial charge in [-0.2, -0.15) is 13.2 Å². The second-order valence-electron chi connectivity index (χ2n) is 6.34. The van der Waals surface area contributed by atoms with Gasteiger partial charge < -0.3 is 10.1 Å². The Morgan fingerprint density at radius 1 is 1.16 bits per heavy atom. The van der Waals surface area contributed by atoms with Crippen LogP contribution < -0.4 is 10.6 Å². The van der Waals surface area contributed by atoms with E-state index in [-0.39, 0.29) is 33.5 Å². The molecule has 0 radical (unpaired) electrons. The molecule has 0 aliphatic rings. The molecule has 0 spiro atoms. The molecule has 3 rings (SSSR count). The number of amides is 2. The van der Waals surface area contributed by atoms with Crippen molar-refractivity contribution in [1.29, 1.82) is 0 Å². The Morgan fingerprint density at radius 3 is 2.53 bits per heavy atom. The van der Waals surface area contributed by atoms with E-state index in [9.17, 15) is 22.8 Å². The molecule has 0 bridgehead atoms. The van der Waals surface area contributed by atoms with Gasteiger partial charge in [0, 0.05) is 34.9 Å². The van der Waals surface area contributed by atoms with E-state index in [0.717, 1.165) is 16.7 Å². The second-order valence-corrected chi connectivity index (χ2v) is 7.20. The summed E-state index contributed by atoms with van der Waals surface area (Å²) in [5.74, 6) is -0.574. The summed E-state index contributed by atoms with van der Waals surface area (Å²) in [6.07, 6.45) is -3.33. The summed E-state index contributed by atoms with van der Waals surface area (Å²) in [6, 6.07) is 2.25. The first-order chi connectivity index (χ1) is 15.1. The van der Waals surface area contributed by atoms with Crippen molar-refractivity contribution in [2.45, 2.75) is 20.0 Å². The molecule has 0 saturated heterocycles. The number of ether oxygens (including phenoxy) is 1. The molecule has 32 heavy (non-hydrogen) atoms. The molecule has 13 heteroatoms. The van der Waals surface area contributed by atoms with Crippen LogP contribution in [0, 0.1) is 6.92 Å². The number of aromatic nitrogens is 4. The number of aryl methyl sites for hydroxylation is 1. The minimum absolute atomic E-state index is 0.0124. The standard InChI is InChI=1S/C19H17F3N6O3S/c1-4-23-18(30)28-14-6-10(16-27-13(8-32-16)19(20,21)22)11(7-24-14)15-25-9(2)5-12(26-15)17(29)31-3/h5-8H,4H2,1-3H3,(H2,23,24,28,30). The third-order valence-electron chi connectivity index (χ3n) is 4.00. The first-order valence-corrected chi connectivity index (χ1v) is 10.0. The van der Waals surface area contributed by atoms with Crippen LogP contribution in [0.3, 0.4) is 0 Å². The third kappa shape index (κ3) is 5.17. The molecule has 0 atom stereocenters. The van der Waals surface area contributed by atoms with Crippen molar-refractivity contribution in [3.63, 3.8) is 0 Å². The molecule has 0 saturated carbocycles. The van der Waals surface area contributed by atoms with E-state index in [1.807, 2.05) is 0 Å². The number of carbonyl (C=O) groups excluding carboxylic acids is 2. The number of thiazole rings is 1. The molecule has 0 aliphatic carbocycles. The number of carbonyl (C=O) groups is 2. The summed E-state index contributed by atoms with van der Waals surface area (Å²) in [7, 11) is 1.20. The van der Waals surface area contributed by atoms with Crippen molar-refractivity contribution in [2.24, 2.45) is 0 Å². The minimum atomic E-state index is -4.62. The predicted octanol–water partition coefficient (Wildman–Crippen LogP) is 3.92. The second kappa shape index (κ2) is 9.26. The van der Waals surface area contributed by atoms with Crippen LogP contribution in [0.15, 0.2) is 23.7 Å². The van der Waals surface area contributed by atoms with Crippen LogP contribution in [0.4, 0.5) is 23.8 Å². The Labute approximate surface area is 184 Å². The topological polar surface area (TPSA) is 119 Å². The lowest BCUT2D eigenvalue weighted by Gasteiger charge is -2.11. The Bertz CT molecular complexity index is 1170. The van der Waals surface area contributed by atoms with Gasteiger partial charge in [-0.1, -0.05) is 0 Å². The summed E-state index contributed by atoms with van der Waals surface area (Å²) in [5.41, 5.74) is -0.224. The number of halogens is 3. The monoisotopic (exact) mass is 466 g/mol. The number of hydrogen-bond acceptors (Lipinski definition) is 8. The van der Waals surface area contributed by atoms with Crippen molar-refractivity contribution in [1.82, 2.24) is 25.3 Å². The van der Waals surface area contributed by atoms with Gasteiger partial charge in [0.1, 0.15) is 10.8 Å². The highest BCUT2D eigenvalue weighted by atomic mass is 32.1. The van der Waals surface area contributed by atoms with Crippen LogP contribution in [-0.2, 0) is 10.9 Å². The smallest absolute Gasteiger partial charge is 0.434 e. The number of alkyl halides is 3. The van der Waals surface area contributed by atoms with Crippen LogP contribution in [0.25, 0.3) is 22.0 Å². The Balaban J connectivity index is 2.16. The first-order valence-electron chi connectivity index (χ1n) is 9.14. The fraction of sp³-hybridized carbons (Fsp3) is 0.263. The molecule has 0 aliphatic heterocycles. The lowest BCUT2D eigenvalue weighted by atomic mass is 10.1. The van der Waals surface area contributed by atoms with Gasteiger partial charge in [0.25, 0.3) is 0 Å². The van der Waals surface area contributed by atoms with E-state index in [1.165, 1.54) is 25.4 Å². The summed E-state index contributed by atoms with van der Waals surface area (Å²) in [4.78, 5) is 40.0. The van der Waals surface area contributed by atoms with Gasteiger partial charge in [-0.15, -0.1) is 11.3 Å². The van der Waals surface area contributed by atoms with Gasteiger partial charge in [-0.25, -0.2) is 29.5 Å². The van der Waals surface area contributed by atoms with E-state index < -0.39 is 23.9 Å². The van der Waals surface area contributed by atoms with Gasteiger partial charge in [0.05, 0.1) is 7.11 Å². The van der Waals surface area contributed by atoms with Gasteiger partial charge in [0.2, 0.25) is 0 Å². The SMILES string of the molecule is CCNC(=O)Nc1cc(-c2nc(C(F)(F)F)cs2)c(-c2nc(C)cc(C(=O)OC)n2)cn1. The Hall–Kier alpha value is -3.61. The quantitative estimate of drug-likeness (QED) is 0.547. The van der Waals surface area contributed by atoms with Gasteiger partial charge in [-0.05, 0) is 26.0 Å². The average molecular weight is 466 g/mol. The first kappa shape index (κ1) is 23.1. The maximum Gasteiger partial charge on any atom is 0.434 e.